The Bertz CT molecular complexity index is 1290. The number of benzene rings is 2. The van der Waals surface area contributed by atoms with Gasteiger partial charge in [-0.1, -0.05) is 39.0 Å². The van der Waals surface area contributed by atoms with Crippen molar-refractivity contribution in [2.24, 2.45) is 5.41 Å². The Labute approximate surface area is 227 Å². The maximum atomic E-state index is 13.8. The highest BCUT2D eigenvalue weighted by molar-refractivity contribution is 6.11. The van der Waals surface area contributed by atoms with E-state index >= 15 is 0 Å². The first-order valence-electron chi connectivity index (χ1n) is 12.4. The van der Waals surface area contributed by atoms with Gasteiger partial charge in [-0.2, -0.15) is 0 Å². The number of fused-ring (bicyclic) bond motifs is 1. The molecule has 208 valence electrons. The minimum absolute atomic E-state index is 0.0284. The highest BCUT2D eigenvalue weighted by Gasteiger charge is 2.40. The number of ether oxygens (including phenoxy) is 1. The number of urea groups is 1. The van der Waals surface area contributed by atoms with Crippen molar-refractivity contribution in [3.8, 4) is 0 Å². The van der Waals surface area contributed by atoms with E-state index in [1.165, 1.54) is 34.1 Å². The summed E-state index contributed by atoms with van der Waals surface area (Å²) in [5.74, 6) is -2.73. The normalized spacial score (nSPS) is 15.6. The fourth-order valence-electron chi connectivity index (χ4n) is 4.01. The Morgan fingerprint density at radius 1 is 0.974 bits per heavy atom. The van der Waals surface area contributed by atoms with E-state index in [4.69, 9.17) is 4.74 Å². The molecule has 3 rings (SSSR count). The summed E-state index contributed by atoms with van der Waals surface area (Å²) in [5.41, 5.74) is -0.704. The second-order valence-electron chi connectivity index (χ2n) is 11.2. The zero-order valence-corrected chi connectivity index (χ0v) is 22.9. The molecule has 3 N–H and O–H groups in total. The number of esters is 1. The summed E-state index contributed by atoms with van der Waals surface area (Å²) in [5, 5.41) is 14.3. The van der Waals surface area contributed by atoms with Crippen molar-refractivity contribution in [2.75, 3.05) is 28.2 Å². The second kappa shape index (κ2) is 11.1. The predicted molar refractivity (Wildman–Crippen MR) is 146 cm³/mol. The highest BCUT2D eigenvalue weighted by Crippen LogP contribution is 2.35. The molecule has 11 heteroatoms. The van der Waals surface area contributed by atoms with Crippen molar-refractivity contribution >= 4 is 46.8 Å². The number of carbonyl (C=O) groups is 5. The summed E-state index contributed by atoms with van der Waals surface area (Å²) >= 11 is 0. The molecule has 0 saturated heterocycles. The zero-order chi connectivity index (χ0) is 29.1. The van der Waals surface area contributed by atoms with Crippen molar-refractivity contribution in [1.29, 1.82) is 0 Å². The number of para-hydroxylation sites is 2. The van der Waals surface area contributed by atoms with Crippen LogP contribution in [-0.2, 0) is 19.1 Å². The number of nitrogens with one attached hydrogen (secondary N) is 2. The minimum atomic E-state index is -1.24. The average molecular weight is 539 g/mol. The Hall–Kier alpha value is -4.41. The third-order valence-corrected chi connectivity index (χ3v) is 5.66. The molecule has 4 amide bonds. The molecule has 1 aliphatic rings. The number of anilines is 3. The summed E-state index contributed by atoms with van der Waals surface area (Å²) in [7, 11) is 0. The van der Waals surface area contributed by atoms with E-state index in [1.807, 2.05) is 0 Å². The number of hydrogen-bond donors (Lipinski definition) is 3. The first-order valence-corrected chi connectivity index (χ1v) is 12.4. The number of nitrogens with zero attached hydrogens (tertiary/aromatic N) is 2. The Balaban J connectivity index is 1.98. The number of carboxylic acids is 1. The van der Waals surface area contributed by atoms with E-state index in [0.717, 1.165) is 0 Å². The molecule has 2 aromatic carbocycles. The van der Waals surface area contributed by atoms with Crippen LogP contribution in [0.5, 0.6) is 0 Å². The quantitative estimate of drug-likeness (QED) is 0.493. The molecular formula is C28H34N4O7. The smallest absolute Gasteiger partial charge is 0.335 e. The molecule has 1 atom stereocenters. The number of carboxylic acid groups (broad SMARTS) is 1. The molecule has 0 aromatic heterocycles. The number of rotatable bonds is 5. The maximum absolute atomic E-state index is 13.8. The molecule has 0 radical (unpaired) electrons. The lowest BCUT2D eigenvalue weighted by Gasteiger charge is -2.30. The number of aromatic carboxylic acids is 1. The van der Waals surface area contributed by atoms with E-state index in [9.17, 15) is 29.1 Å². The Morgan fingerprint density at radius 2 is 1.62 bits per heavy atom. The van der Waals surface area contributed by atoms with Gasteiger partial charge in [0.1, 0.15) is 18.2 Å². The van der Waals surface area contributed by atoms with Crippen molar-refractivity contribution in [2.45, 2.75) is 53.2 Å². The molecular weight excluding hydrogens is 504 g/mol. The van der Waals surface area contributed by atoms with Crippen LogP contribution >= 0.6 is 0 Å². The average Bonchev–Trinajstić information content (AvgIpc) is 2.92. The summed E-state index contributed by atoms with van der Waals surface area (Å²) in [4.78, 5) is 67.0. The van der Waals surface area contributed by atoms with Gasteiger partial charge in [0, 0.05) is 11.1 Å². The second-order valence-corrected chi connectivity index (χ2v) is 11.2. The van der Waals surface area contributed by atoms with E-state index < -0.39 is 47.5 Å². The van der Waals surface area contributed by atoms with Crippen molar-refractivity contribution in [3.05, 3.63) is 54.1 Å². The van der Waals surface area contributed by atoms with Crippen LogP contribution in [0.1, 0.15) is 51.9 Å². The first kappa shape index (κ1) is 29.2. The molecule has 11 nitrogen and oxygen atoms in total. The first-order chi connectivity index (χ1) is 18.1. The van der Waals surface area contributed by atoms with Gasteiger partial charge >= 0.3 is 18.0 Å². The number of amides is 4. The van der Waals surface area contributed by atoms with Gasteiger partial charge in [-0.05, 0) is 51.1 Å². The van der Waals surface area contributed by atoms with Gasteiger partial charge in [0.05, 0.1) is 23.5 Å². The van der Waals surface area contributed by atoms with Crippen molar-refractivity contribution in [3.63, 3.8) is 0 Å². The molecule has 0 aliphatic carbocycles. The molecule has 0 bridgehead atoms. The van der Waals surface area contributed by atoms with Crippen LogP contribution in [0.3, 0.4) is 0 Å². The van der Waals surface area contributed by atoms with Crippen LogP contribution < -0.4 is 20.4 Å². The Kier molecular flexibility index (Phi) is 8.33. The minimum Gasteiger partial charge on any atom is -0.478 e. The van der Waals surface area contributed by atoms with Crippen molar-refractivity contribution < 1.29 is 33.8 Å². The molecule has 0 spiro atoms. The van der Waals surface area contributed by atoms with Crippen LogP contribution in [0.4, 0.5) is 21.9 Å². The van der Waals surface area contributed by atoms with E-state index in [0.29, 0.717) is 11.4 Å². The van der Waals surface area contributed by atoms with E-state index in [-0.39, 0.29) is 23.7 Å². The van der Waals surface area contributed by atoms with Gasteiger partial charge in [0.2, 0.25) is 5.91 Å². The standard InChI is InChI=1S/C28H34N4O7/c1-27(2,3)25(37)32-15-19(30-26(38)29-18-11-9-10-17(14-18)24(35)36)23(34)31(16-22(33)39-28(4,5)6)20-12-7-8-13-21(20)32/h7-14,19H,15-16H2,1-6H3,(H,35,36)(H2,29,30,38). The molecule has 2 aromatic rings. The SMILES string of the molecule is CC(C)(C)OC(=O)CN1C(=O)C(NC(=O)Nc2cccc(C(=O)O)c2)CN(C(=O)C(C)(C)C)c2ccccc21. The van der Waals surface area contributed by atoms with Crippen LogP contribution in [0, 0.1) is 5.41 Å². The molecule has 39 heavy (non-hydrogen) atoms. The van der Waals surface area contributed by atoms with Crippen LogP contribution in [0.2, 0.25) is 0 Å². The topological polar surface area (TPSA) is 145 Å². The molecule has 1 heterocycles. The summed E-state index contributed by atoms with van der Waals surface area (Å²) in [6, 6.07) is 10.3. The Morgan fingerprint density at radius 3 is 2.21 bits per heavy atom. The highest BCUT2D eigenvalue weighted by atomic mass is 16.6. The largest absolute Gasteiger partial charge is 0.478 e. The lowest BCUT2D eigenvalue weighted by molar-refractivity contribution is -0.153. The van der Waals surface area contributed by atoms with Crippen LogP contribution in [0.25, 0.3) is 0 Å². The van der Waals surface area contributed by atoms with Gasteiger partial charge in [-0.15, -0.1) is 0 Å². The molecule has 0 saturated carbocycles. The van der Waals surface area contributed by atoms with Gasteiger partial charge in [-0.3, -0.25) is 19.3 Å². The van der Waals surface area contributed by atoms with Gasteiger partial charge in [0.25, 0.3) is 5.91 Å². The molecule has 0 fully saturated rings. The van der Waals surface area contributed by atoms with E-state index in [1.54, 1.807) is 65.8 Å². The van der Waals surface area contributed by atoms with Crippen LogP contribution in [-0.4, -0.2) is 59.6 Å². The molecule has 1 aliphatic heterocycles. The van der Waals surface area contributed by atoms with Gasteiger partial charge < -0.3 is 25.4 Å². The zero-order valence-electron chi connectivity index (χ0n) is 22.9. The number of carbonyl (C=O) groups excluding carboxylic acids is 4. The monoisotopic (exact) mass is 538 g/mol. The number of hydrogen-bond acceptors (Lipinski definition) is 6. The van der Waals surface area contributed by atoms with Crippen LogP contribution in [0.15, 0.2) is 48.5 Å². The van der Waals surface area contributed by atoms with Gasteiger partial charge in [0.15, 0.2) is 0 Å². The third-order valence-electron chi connectivity index (χ3n) is 5.66. The summed E-state index contributed by atoms with van der Waals surface area (Å²) in [6.07, 6.45) is 0. The molecule has 1 unspecified atom stereocenters. The van der Waals surface area contributed by atoms with Crippen molar-refractivity contribution in [1.82, 2.24) is 5.32 Å². The fraction of sp³-hybridized carbons (Fsp3) is 0.393. The predicted octanol–water partition coefficient (Wildman–Crippen LogP) is 3.64. The fourth-order valence-corrected chi connectivity index (χ4v) is 4.01. The summed E-state index contributed by atoms with van der Waals surface area (Å²) in [6.45, 7) is 9.72. The maximum Gasteiger partial charge on any atom is 0.335 e. The lowest BCUT2D eigenvalue weighted by Crippen LogP contribution is -2.55. The lowest BCUT2D eigenvalue weighted by atomic mass is 9.94. The van der Waals surface area contributed by atoms with E-state index in [2.05, 4.69) is 10.6 Å². The third kappa shape index (κ3) is 7.34. The summed E-state index contributed by atoms with van der Waals surface area (Å²) < 4.78 is 5.44. The van der Waals surface area contributed by atoms with Gasteiger partial charge in [-0.25, -0.2) is 9.59 Å².